The molecule has 0 atom stereocenters. The lowest BCUT2D eigenvalue weighted by atomic mass is 10.0. The smallest absolute Gasteiger partial charge is 0.238 e. The quantitative estimate of drug-likeness (QED) is 0.188. The largest absolute Gasteiger partial charge is 0.456 e. The number of hydrogen-bond acceptors (Lipinski definition) is 5. The molecule has 0 N–H and O–H groups in total. The maximum absolute atomic E-state index is 9.00. The molecule has 238 valence electrons. The van der Waals surface area contributed by atoms with Crippen molar-refractivity contribution in [2.24, 2.45) is 0 Å². The minimum atomic E-state index is -0.533. The maximum Gasteiger partial charge on any atom is 0.238 e. The minimum Gasteiger partial charge on any atom is -0.456 e. The molecule has 4 aromatic heterocycles. The number of benzene rings is 7. The number of rotatable bonds is 4. The first-order chi connectivity index (χ1) is 28.6. The van der Waals surface area contributed by atoms with Crippen molar-refractivity contribution >= 4 is 65.7 Å². The normalized spacial score (nSPS) is 14.1. The molecule has 0 aliphatic heterocycles. The van der Waals surface area contributed by atoms with E-state index in [1.807, 2.05) is 97.1 Å². The lowest BCUT2D eigenvalue weighted by Gasteiger charge is -2.11. The van der Waals surface area contributed by atoms with Crippen LogP contribution in [-0.2, 0) is 0 Å². The van der Waals surface area contributed by atoms with Crippen LogP contribution in [0, 0.1) is 0 Å². The summed E-state index contributed by atoms with van der Waals surface area (Å²) < 4.78 is 83.7. The average molecular weight is 663 g/mol. The number of furan rings is 2. The summed E-state index contributed by atoms with van der Waals surface area (Å²) in [6.45, 7) is 0. The molecule has 11 aromatic rings. The molecule has 0 unspecified atom stereocenters. The summed E-state index contributed by atoms with van der Waals surface area (Å²) in [6, 6.07) is 30.9. The van der Waals surface area contributed by atoms with Crippen LogP contribution in [0.15, 0.2) is 166 Å². The van der Waals surface area contributed by atoms with Crippen molar-refractivity contribution in [2.45, 2.75) is 0 Å². The Morgan fingerprint density at radius 2 is 1.12 bits per heavy atom. The van der Waals surface area contributed by atoms with Crippen LogP contribution < -0.4 is 0 Å². The number of hydrogen-bond donors (Lipinski definition) is 0. The van der Waals surface area contributed by atoms with Gasteiger partial charge in [0, 0.05) is 49.0 Å². The Kier molecular flexibility index (Phi) is 4.44. The lowest BCUT2D eigenvalue weighted by Crippen LogP contribution is -2.06. The number of aromatic nitrogens is 4. The summed E-state index contributed by atoms with van der Waals surface area (Å²) in [5.41, 5.74) is 5.82. The summed E-state index contributed by atoms with van der Waals surface area (Å²) >= 11 is 0. The molecule has 0 radical (unpaired) electrons. The highest BCUT2D eigenvalue weighted by Crippen LogP contribution is 2.39. The van der Waals surface area contributed by atoms with Crippen molar-refractivity contribution in [2.75, 3.05) is 0 Å². The van der Waals surface area contributed by atoms with Gasteiger partial charge in [0.15, 0.2) is 11.6 Å². The van der Waals surface area contributed by atoms with Crippen LogP contribution in [0.25, 0.3) is 106 Å². The van der Waals surface area contributed by atoms with E-state index in [0.29, 0.717) is 22.3 Å². The predicted octanol–water partition coefficient (Wildman–Crippen LogP) is 11.8. The van der Waals surface area contributed by atoms with Gasteiger partial charge in [0.1, 0.15) is 22.3 Å². The van der Waals surface area contributed by atoms with Gasteiger partial charge in [0.25, 0.3) is 0 Å². The van der Waals surface area contributed by atoms with E-state index in [1.54, 1.807) is 0 Å². The van der Waals surface area contributed by atoms with Crippen LogP contribution in [0.4, 0.5) is 0 Å². The van der Waals surface area contributed by atoms with Crippen molar-refractivity contribution in [1.82, 2.24) is 19.5 Å². The van der Waals surface area contributed by atoms with Crippen LogP contribution in [0.5, 0.6) is 0 Å². The highest BCUT2D eigenvalue weighted by atomic mass is 16.3. The van der Waals surface area contributed by atoms with E-state index in [9.17, 15) is 0 Å². The fraction of sp³-hybridized carbons (Fsp3) is 0. The first-order valence-electron chi connectivity index (χ1n) is 20.3. The van der Waals surface area contributed by atoms with Crippen molar-refractivity contribution in [3.8, 4) is 39.9 Å². The lowest BCUT2D eigenvalue weighted by molar-refractivity contribution is 0.668. The molecule has 6 heteroatoms. The van der Waals surface area contributed by atoms with E-state index in [4.69, 9.17) is 34.8 Å². The number of para-hydroxylation sites is 4. The van der Waals surface area contributed by atoms with E-state index in [1.165, 1.54) is 4.57 Å². The van der Waals surface area contributed by atoms with Gasteiger partial charge >= 0.3 is 0 Å². The monoisotopic (exact) mass is 662 g/mol. The molecule has 0 amide bonds. The highest BCUT2D eigenvalue weighted by Gasteiger charge is 2.19. The first-order valence-corrected chi connectivity index (χ1v) is 16.3. The zero-order valence-corrected chi connectivity index (χ0v) is 26.5. The molecule has 0 saturated carbocycles. The van der Waals surface area contributed by atoms with Crippen molar-refractivity contribution in [1.29, 1.82) is 0 Å². The second-order valence-corrected chi connectivity index (χ2v) is 12.2. The summed E-state index contributed by atoms with van der Waals surface area (Å²) in [4.78, 5) is 14.6. The Bertz CT molecular complexity index is 3540. The van der Waals surface area contributed by atoms with Crippen LogP contribution in [0.3, 0.4) is 0 Å². The predicted molar refractivity (Wildman–Crippen MR) is 205 cm³/mol. The zero-order chi connectivity index (χ0) is 40.4. The van der Waals surface area contributed by atoms with Gasteiger partial charge in [-0.15, -0.1) is 0 Å². The van der Waals surface area contributed by atoms with Crippen molar-refractivity contribution in [3.05, 3.63) is 158 Å². The fourth-order valence-corrected chi connectivity index (χ4v) is 6.99. The summed E-state index contributed by atoms with van der Waals surface area (Å²) in [5, 5.41) is 3.60. The van der Waals surface area contributed by atoms with Crippen LogP contribution >= 0.6 is 0 Å². The zero-order valence-electron chi connectivity index (χ0n) is 34.5. The summed E-state index contributed by atoms with van der Waals surface area (Å²) in [5.74, 6) is 0.365. The number of nitrogens with zero attached hydrogens (tertiary/aromatic N) is 4. The Balaban J connectivity index is 1.14. The van der Waals surface area contributed by atoms with Crippen molar-refractivity contribution < 1.29 is 19.8 Å². The molecule has 0 aliphatic carbocycles. The highest BCUT2D eigenvalue weighted by molar-refractivity contribution is 6.12. The fourth-order valence-electron chi connectivity index (χ4n) is 6.99. The van der Waals surface area contributed by atoms with Gasteiger partial charge in [0.2, 0.25) is 5.95 Å². The summed E-state index contributed by atoms with van der Waals surface area (Å²) in [6.07, 6.45) is 0. The Morgan fingerprint density at radius 1 is 0.451 bits per heavy atom. The van der Waals surface area contributed by atoms with Gasteiger partial charge in [0.05, 0.1) is 22.0 Å². The van der Waals surface area contributed by atoms with E-state index in [0.717, 1.165) is 43.8 Å². The third-order valence-corrected chi connectivity index (χ3v) is 9.33. The maximum atomic E-state index is 9.00. The van der Waals surface area contributed by atoms with Gasteiger partial charge in [-0.3, -0.25) is 4.57 Å². The molecule has 0 spiro atoms. The second kappa shape index (κ2) is 10.7. The van der Waals surface area contributed by atoms with E-state index in [2.05, 4.69) is 12.1 Å². The van der Waals surface area contributed by atoms with Gasteiger partial charge < -0.3 is 8.83 Å². The molecule has 0 aliphatic rings. The van der Waals surface area contributed by atoms with Crippen molar-refractivity contribution in [3.63, 3.8) is 0 Å². The molecular formula is C45H26N4O2. The molecule has 7 aromatic carbocycles. The van der Waals surface area contributed by atoms with Crippen LogP contribution in [-0.4, -0.2) is 19.5 Å². The Labute approximate surface area is 302 Å². The minimum absolute atomic E-state index is 0.0663. The standard InChI is InChI=1S/C45H26N4O2/c1-2-11-27(12-3-1)43-46-44(48-45(47-43)49-37-18-7-4-13-31(37)32-14-5-8-19-38(32)49)29-22-24-40-36(25-29)34-23-21-28(26-41(34)50-40)30-16-10-17-35-33-15-6-9-20-39(33)51-42(30)35/h1-26H/i4D,5D,7D,8D,13D,14D,18D,19D. The van der Waals surface area contributed by atoms with Gasteiger partial charge in [-0.2, -0.15) is 9.97 Å². The van der Waals surface area contributed by atoms with Gasteiger partial charge in [-0.05, 0) is 54.0 Å². The third-order valence-electron chi connectivity index (χ3n) is 9.33. The molecule has 6 nitrogen and oxygen atoms in total. The molecule has 0 fully saturated rings. The average Bonchev–Trinajstić information content (AvgIpc) is 3.96. The van der Waals surface area contributed by atoms with E-state index < -0.39 is 48.3 Å². The first kappa shape index (κ1) is 21.1. The van der Waals surface area contributed by atoms with Gasteiger partial charge in [-0.25, -0.2) is 4.98 Å². The molecule has 51 heavy (non-hydrogen) atoms. The van der Waals surface area contributed by atoms with Crippen LogP contribution in [0.1, 0.15) is 11.0 Å². The van der Waals surface area contributed by atoms with Gasteiger partial charge in [-0.1, -0.05) is 109 Å². The van der Waals surface area contributed by atoms with E-state index >= 15 is 0 Å². The molecule has 11 rings (SSSR count). The molecule has 0 saturated heterocycles. The Morgan fingerprint density at radius 3 is 1.94 bits per heavy atom. The second-order valence-electron chi connectivity index (χ2n) is 12.2. The molecule has 4 heterocycles. The topological polar surface area (TPSA) is 69.9 Å². The Hall–Kier alpha value is -7.05. The molecule has 0 bridgehead atoms. The number of fused-ring (bicyclic) bond motifs is 9. The third kappa shape index (κ3) is 4.26. The van der Waals surface area contributed by atoms with Crippen LogP contribution in [0.2, 0.25) is 0 Å². The van der Waals surface area contributed by atoms with E-state index in [-0.39, 0.29) is 39.4 Å². The SMILES string of the molecule is [2H]c1c([2H])c([2H])c2c(c1[2H])c1c([2H])c([2H])c([2H])c([2H])c1n2-c1nc(-c2ccccc2)nc(-c2ccc3oc4cc(-c5cccc6c5oc5ccccc56)ccc4c3c2)n1. The molecular weight excluding hydrogens is 629 g/mol. The summed E-state index contributed by atoms with van der Waals surface area (Å²) in [7, 11) is 0.